The molecule has 1 aromatic heterocycles. The Kier molecular flexibility index (Phi) is 2.54. The van der Waals surface area contributed by atoms with Crippen molar-refractivity contribution in [2.45, 2.75) is 0 Å². The van der Waals surface area contributed by atoms with Gasteiger partial charge in [0.25, 0.3) is 0 Å². The fourth-order valence-corrected chi connectivity index (χ4v) is 3.80. The molecule has 78 valence electrons. The maximum absolute atomic E-state index is 3.66. The lowest BCUT2D eigenvalue weighted by molar-refractivity contribution is 1.68. The Hall–Kier alpha value is -1.12. The zero-order chi connectivity index (χ0) is 11.0. The Bertz CT molecular complexity index is 626. The van der Waals surface area contributed by atoms with E-state index in [2.05, 4.69) is 64.5 Å². The second-order valence-electron chi connectivity index (χ2n) is 3.61. The molecule has 1 heterocycles. The lowest BCUT2D eigenvalue weighted by atomic mass is 10.1. The minimum absolute atomic E-state index is 1.21. The summed E-state index contributed by atoms with van der Waals surface area (Å²) in [6, 6.07) is 19.0. The summed E-state index contributed by atoms with van der Waals surface area (Å²) in [5.41, 5.74) is 2.58. The van der Waals surface area contributed by atoms with Crippen molar-refractivity contribution in [1.29, 1.82) is 0 Å². The molecular formula is C14H9BrS. The Morgan fingerprint density at radius 3 is 2.31 bits per heavy atom. The van der Waals surface area contributed by atoms with E-state index in [0.717, 1.165) is 0 Å². The first-order valence-corrected chi connectivity index (χ1v) is 6.69. The van der Waals surface area contributed by atoms with E-state index in [-0.39, 0.29) is 0 Å². The number of halogens is 1. The van der Waals surface area contributed by atoms with E-state index in [1.807, 2.05) is 6.07 Å². The van der Waals surface area contributed by atoms with Crippen molar-refractivity contribution in [3.05, 3.63) is 58.4 Å². The van der Waals surface area contributed by atoms with Crippen LogP contribution in [0.1, 0.15) is 0 Å². The maximum atomic E-state index is 3.66. The zero-order valence-electron chi connectivity index (χ0n) is 8.48. The van der Waals surface area contributed by atoms with Gasteiger partial charge in [-0.05, 0) is 27.6 Å². The van der Waals surface area contributed by atoms with Crippen molar-refractivity contribution in [2.75, 3.05) is 0 Å². The number of fused-ring (bicyclic) bond motifs is 1. The van der Waals surface area contributed by atoms with Gasteiger partial charge in [-0.1, -0.05) is 48.5 Å². The van der Waals surface area contributed by atoms with Crippen LogP contribution in [-0.4, -0.2) is 0 Å². The van der Waals surface area contributed by atoms with Gasteiger partial charge in [0, 0.05) is 15.6 Å². The van der Waals surface area contributed by atoms with Crippen molar-refractivity contribution in [1.82, 2.24) is 0 Å². The van der Waals surface area contributed by atoms with Crippen LogP contribution < -0.4 is 0 Å². The first-order valence-electron chi connectivity index (χ1n) is 5.09. The third-order valence-electron chi connectivity index (χ3n) is 2.61. The van der Waals surface area contributed by atoms with Crippen LogP contribution in [0.3, 0.4) is 0 Å². The van der Waals surface area contributed by atoms with Gasteiger partial charge in [-0.15, -0.1) is 11.3 Å². The molecule has 0 atom stereocenters. The molecule has 0 N–H and O–H groups in total. The predicted octanol–water partition coefficient (Wildman–Crippen LogP) is 5.33. The topological polar surface area (TPSA) is 0 Å². The summed E-state index contributed by atoms with van der Waals surface area (Å²) in [5, 5.41) is 1.32. The van der Waals surface area contributed by atoms with Gasteiger partial charge < -0.3 is 0 Å². The van der Waals surface area contributed by atoms with E-state index in [4.69, 9.17) is 0 Å². The van der Waals surface area contributed by atoms with Crippen LogP contribution in [0.4, 0.5) is 0 Å². The summed E-state index contributed by atoms with van der Waals surface area (Å²) in [6.07, 6.45) is 0. The second-order valence-corrected chi connectivity index (χ2v) is 5.98. The van der Waals surface area contributed by atoms with E-state index in [0.29, 0.717) is 0 Å². The monoisotopic (exact) mass is 288 g/mol. The number of benzene rings is 2. The average Bonchev–Trinajstić information content (AvgIpc) is 2.66. The second kappa shape index (κ2) is 4.04. The van der Waals surface area contributed by atoms with Crippen LogP contribution in [0.5, 0.6) is 0 Å². The molecule has 16 heavy (non-hydrogen) atoms. The molecule has 0 spiro atoms. The molecule has 2 heteroatoms. The Balaban J connectivity index is 2.35. The summed E-state index contributed by atoms with van der Waals surface area (Å²) in [7, 11) is 0. The Morgan fingerprint density at radius 2 is 1.50 bits per heavy atom. The quantitative estimate of drug-likeness (QED) is 0.568. The van der Waals surface area contributed by atoms with Gasteiger partial charge >= 0.3 is 0 Å². The number of hydrogen-bond donors (Lipinski definition) is 0. The molecule has 0 fully saturated rings. The molecule has 0 radical (unpaired) electrons. The molecule has 0 saturated carbocycles. The molecule has 2 aromatic carbocycles. The van der Waals surface area contributed by atoms with Crippen LogP contribution in [0.2, 0.25) is 0 Å². The molecule has 0 nitrogen and oxygen atoms in total. The SMILES string of the molecule is Brc1sc2ccccc2c1-c1ccccc1. The number of rotatable bonds is 1. The Labute approximate surface area is 107 Å². The standard InChI is InChI=1S/C14H9BrS/c15-14-13(10-6-2-1-3-7-10)11-8-4-5-9-12(11)16-14/h1-9H. The number of thiophene rings is 1. The van der Waals surface area contributed by atoms with Gasteiger partial charge in [0.1, 0.15) is 0 Å². The fourth-order valence-electron chi connectivity index (χ4n) is 1.89. The first kappa shape index (κ1) is 10.1. The van der Waals surface area contributed by atoms with Crippen molar-refractivity contribution in [3.63, 3.8) is 0 Å². The maximum Gasteiger partial charge on any atom is 0.0789 e. The molecule has 3 aromatic rings. The zero-order valence-corrected chi connectivity index (χ0v) is 10.9. The van der Waals surface area contributed by atoms with Gasteiger partial charge in [0.05, 0.1) is 3.79 Å². The van der Waals surface area contributed by atoms with Crippen LogP contribution in [0.15, 0.2) is 58.4 Å². The third kappa shape index (κ3) is 1.58. The fraction of sp³-hybridized carbons (Fsp3) is 0. The Morgan fingerprint density at radius 1 is 0.812 bits per heavy atom. The smallest absolute Gasteiger partial charge is 0.0789 e. The van der Waals surface area contributed by atoms with Gasteiger partial charge in [0.2, 0.25) is 0 Å². The van der Waals surface area contributed by atoms with Crippen molar-refractivity contribution < 1.29 is 0 Å². The number of hydrogen-bond acceptors (Lipinski definition) is 1. The highest BCUT2D eigenvalue weighted by Gasteiger charge is 2.10. The minimum atomic E-state index is 1.21. The molecule has 0 saturated heterocycles. The van der Waals surface area contributed by atoms with Crippen LogP contribution in [0, 0.1) is 0 Å². The molecule has 0 aliphatic heterocycles. The van der Waals surface area contributed by atoms with Gasteiger partial charge in [-0.2, -0.15) is 0 Å². The summed E-state index contributed by atoms with van der Waals surface area (Å²) < 4.78 is 2.54. The molecule has 0 bridgehead atoms. The summed E-state index contributed by atoms with van der Waals surface area (Å²) in [5.74, 6) is 0. The van der Waals surface area contributed by atoms with E-state index >= 15 is 0 Å². The normalized spacial score (nSPS) is 10.8. The minimum Gasteiger partial charge on any atom is -0.128 e. The van der Waals surface area contributed by atoms with E-state index in [1.165, 1.54) is 25.0 Å². The van der Waals surface area contributed by atoms with Crippen LogP contribution in [0.25, 0.3) is 21.2 Å². The highest BCUT2D eigenvalue weighted by atomic mass is 79.9. The van der Waals surface area contributed by atoms with E-state index < -0.39 is 0 Å². The highest BCUT2D eigenvalue weighted by Crippen LogP contribution is 2.41. The summed E-state index contributed by atoms with van der Waals surface area (Å²) >= 11 is 5.46. The molecular weight excluding hydrogens is 280 g/mol. The van der Waals surface area contributed by atoms with Crippen molar-refractivity contribution >= 4 is 37.4 Å². The van der Waals surface area contributed by atoms with Crippen molar-refractivity contribution in [2.24, 2.45) is 0 Å². The van der Waals surface area contributed by atoms with E-state index in [9.17, 15) is 0 Å². The first-order chi connectivity index (χ1) is 7.86. The predicted molar refractivity (Wildman–Crippen MR) is 75.0 cm³/mol. The van der Waals surface area contributed by atoms with Crippen LogP contribution >= 0.6 is 27.3 Å². The average molecular weight is 289 g/mol. The van der Waals surface area contributed by atoms with E-state index in [1.54, 1.807) is 11.3 Å². The molecule has 3 rings (SSSR count). The lowest BCUT2D eigenvalue weighted by Crippen LogP contribution is -1.74. The van der Waals surface area contributed by atoms with Crippen LogP contribution in [-0.2, 0) is 0 Å². The van der Waals surface area contributed by atoms with Gasteiger partial charge in [-0.25, -0.2) is 0 Å². The highest BCUT2D eigenvalue weighted by molar-refractivity contribution is 9.11. The molecule has 0 aliphatic rings. The van der Waals surface area contributed by atoms with Crippen molar-refractivity contribution in [3.8, 4) is 11.1 Å². The summed E-state index contributed by atoms with van der Waals surface area (Å²) in [6.45, 7) is 0. The molecule has 0 aliphatic carbocycles. The largest absolute Gasteiger partial charge is 0.128 e. The van der Waals surface area contributed by atoms with Gasteiger partial charge in [0.15, 0.2) is 0 Å². The lowest BCUT2D eigenvalue weighted by Gasteiger charge is -2.00. The van der Waals surface area contributed by atoms with Gasteiger partial charge in [-0.3, -0.25) is 0 Å². The summed E-state index contributed by atoms with van der Waals surface area (Å²) in [4.78, 5) is 0. The molecule has 0 amide bonds. The molecule has 0 unspecified atom stereocenters. The third-order valence-corrected chi connectivity index (χ3v) is 4.46.